The standard InChI is InChI=1S/C14H21NO3S2/c1-10-6-11(2)14(7-12(10)9-16)20(17,18)15-8-13-4-3-5-19-13/h6-7,13,15-16H,3-5,8-9H2,1-2H3. The lowest BCUT2D eigenvalue weighted by Gasteiger charge is -2.14. The van der Waals surface area contributed by atoms with Gasteiger partial charge in [0.25, 0.3) is 0 Å². The number of nitrogens with one attached hydrogen (secondary N) is 1. The summed E-state index contributed by atoms with van der Waals surface area (Å²) in [5.41, 5.74) is 2.28. The van der Waals surface area contributed by atoms with Crippen LogP contribution < -0.4 is 4.72 Å². The highest BCUT2D eigenvalue weighted by molar-refractivity contribution is 8.00. The minimum absolute atomic E-state index is 0.146. The smallest absolute Gasteiger partial charge is 0.240 e. The number of rotatable bonds is 5. The highest BCUT2D eigenvalue weighted by Gasteiger charge is 2.22. The SMILES string of the molecule is Cc1cc(C)c(S(=O)(=O)NCC2CCCS2)cc1CO. The molecular formula is C14H21NO3S2. The van der Waals surface area contributed by atoms with Crippen molar-refractivity contribution in [2.24, 2.45) is 0 Å². The Morgan fingerprint density at radius 3 is 2.70 bits per heavy atom. The minimum atomic E-state index is -3.50. The van der Waals surface area contributed by atoms with Gasteiger partial charge < -0.3 is 5.11 Å². The van der Waals surface area contributed by atoms with Gasteiger partial charge in [0.2, 0.25) is 10.0 Å². The molecule has 112 valence electrons. The molecule has 2 N–H and O–H groups in total. The number of benzene rings is 1. The molecule has 1 heterocycles. The van der Waals surface area contributed by atoms with Gasteiger partial charge in [-0.3, -0.25) is 0 Å². The monoisotopic (exact) mass is 315 g/mol. The van der Waals surface area contributed by atoms with Gasteiger partial charge >= 0.3 is 0 Å². The first-order valence-corrected chi connectivity index (χ1v) is 9.29. The van der Waals surface area contributed by atoms with Crippen LogP contribution >= 0.6 is 11.8 Å². The van der Waals surface area contributed by atoms with E-state index in [4.69, 9.17) is 0 Å². The summed E-state index contributed by atoms with van der Waals surface area (Å²) < 4.78 is 27.5. The molecule has 0 amide bonds. The van der Waals surface area contributed by atoms with Crippen LogP contribution in [0, 0.1) is 13.8 Å². The topological polar surface area (TPSA) is 66.4 Å². The zero-order valence-corrected chi connectivity index (χ0v) is 13.5. The van der Waals surface area contributed by atoms with E-state index in [2.05, 4.69) is 4.72 Å². The van der Waals surface area contributed by atoms with Gasteiger partial charge in [-0.1, -0.05) is 6.07 Å². The number of thioether (sulfide) groups is 1. The molecule has 1 atom stereocenters. The van der Waals surface area contributed by atoms with E-state index < -0.39 is 10.0 Å². The summed E-state index contributed by atoms with van der Waals surface area (Å²) in [6, 6.07) is 3.39. The van der Waals surface area contributed by atoms with Crippen LogP contribution in [-0.4, -0.2) is 31.1 Å². The molecule has 2 rings (SSSR count). The van der Waals surface area contributed by atoms with Crippen molar-refractivity contribution in [3.05, 3.63) is 28.8 Å². The van der Waals surface area contributed by atoms with E-state index >= 15 is 0 Å². The van der Waals surface area contributed by atoms with Crippen molar-refractivity contribution < 1.29 is 13.5 Å². The third-order valence-corrected chi connectivity index (χ3v) is 6.58. The fourth-order valence-electron chi connectivity index (χ4n) is 2.42. The average molecular weight is 315 g/mol. The molecule has 4 nitrogen and oxygen atoms in total. The van der Waals surface area contributed by atoms with Gasteiger partial charge in [-0.15, -0.1) is 0 Å². The van der Waals surface area contributed by atoms with Crippen LogP contribution in [0.1, 0.15) is 29.5 Å². The molecule has 0 radical (unpaired) electrons. The van der Waals surface area contributed by atoms with E-state index in [0.717, 1.165) is 24.2 Å². The van der Waals surface area contributed by atoms with Crippen LogP contribution in [-0.2, 0) is 16.6 Å². The first kappa shape index (κ1) is 15.8. The normalized spacial score (nSPS) is 19.4. The number of hydrogen-bond donors (Lipinski definition) is 2. The van der Waals surface area contributed by atoms with Crippen molar-refractivity contribution in [3.8, 4) is 0 Å². The Morgan fingerprint density at radius 2 is 2.10 bits per heavy atom. The fraction of sp³-hybridized carbons (Fsp3) is 0.571. The second-order valence-electron chi connectivity index (χ2n) is 5.19. The van der Waals surface area contributed by atoms with Crippen LogP contribution in [0.4, 0.5) is 0 Å². The number of hydrogen-bond acceptors (Lipinski definition) is 4. The third kappa shape index (κ3) is 3.55. The average Bonchev–Trinajstić information content (AvgIpc) is 2.89. The molecule has 0 spiro atoms. The quantitative estimate of drug-likeness (QED) is 0.872. The number of aliphatic hydroxyl groups is 1. The van der Waals surface area contributed by atoms with Crippen molar-refractivity contribution in [2.45, 2.75) is 43.4 Å². The minimum Gasteiger partial charge on any atom is -0.392 e. The van der Waals surface area contributed by atoms with E-state index in [-0.39, 0.29) is 11.5 Å². The molecule has 1 saturated heterocycles. The van der Waals surface area contributed by atoms with Crippen LogP contribution in [0.3, 0.4) is 0 Å². The molecule has 1 aliphatic heterocycles. The molecule has 6 heteroatoms. The van der Waals surface area contributed by atoms with Gasteiger partial charge in [0, 0.05) is 11.8 Å². The predicted molar refractivity (Wildman–Crippen MR) is 82.5 cm³/mol. The van der Waals surface area contributed by atoms with Gasteiger partial charge in [-0.2, -0.15) is 11.8 Å². The molecule has 0 saturated carbocycles. The summed E-state index contributed by atoms with van der Waals surface area (Å²) in [7, 11) is -3.50. The van der Waals surface area contributed by atoms with Crippen LogP contribution in [0.25, 0.3) is 0 Å². The van der Waals surface area contributed by atoms with E-state index in [9.17, 15) is 13.5 Å². The first-order valence-electron chi connectivity index (χ1n) is 6.76. The van der Waals surface area contributed by atoms with E-state index in [1.807, 2.05) is 24.8 Å². The molecule has 0 aromatic heterocycles. The lowest BCUT2D eigenvalue weighted by Crippen LogP contribution is -2.30. The molecule has 1 aromatic carbocycles. The highest BCUT2D eigenvalue weighted by atomic mass is 32.2. The van der Waals surface area contributed by atoms with E-state index in [1.165, 1.54) is 0 Å². The maximum absolute atomic E-state index is 12.4. The third-order valence-electron chi connectivity index (χ3n) is 3.62. The Kier molecular flexibility index (Phi) is 5.12. The summed E-state index contributed by atoms with van der Waals surface area (Å²) in [6.07, 6.45) is 2.23. The number of aryl methyl sites for hydroxylation is 2. The Morgan fingerprint density at radius 1 is 1.35 bits per heavy atom. The zero-order valence-electron chi connectivity index (χ0n) is 11.8. The summed E-state index contributed by atoms with van der Waals surface area (Å²) in [5, 5.41) is 9.67. The van der Waals surface area contributed by atoms with E-state index in [0.29, 0.717) is 22.9 Å². The zero-order chi connectivity index (χ0) is 14.8. The van der Waals surface area contributed by atoms with Crippen molar-refractivity contribution in [2.75, 3.05) is 12.3 Å². The Labute approximate surface area is 125 Å². The summed E-state index contributed by atoms with van der Waals surface area (Å²) >= 11 is 1.83. The van der Waals surface area contributed by atoms with Crippen LogP contribution in [0.2, 0.25) is 0 Å². The largest absolute Gasteiger partial charge is 0.392 e. The van der Waals surface area contributed by atoms with Crippen molar-refractivity contribution >= 4 is 21.8 Å². The second kappa shape index (κ2) is 6.47. The van der Waals surface area contributed by atoms with Crippen molar-refractivity contribution in [1.82, 2.24) is 4.72 Å². The fourth-order valence-corrected chi connectivity index (χ4v) is 5.08. The molecule has 1 fully saturated rings. The van der Waals surface area contributed by atoms with Gasteiger partial charge in [-0.25, -0.2) is 13.1 Å². The Hall–Kier alpha value is -0.560. The Balaban J connectivity index is 2.19. The van der Waals surface area contributed by atoms with Crippen LogP contribution in [0.15, 0.2) is 17.0 Å². The number of sulfonamides is 1. The second-order valence-corrected chi connectivity index (χ2v) is 8.33. The van der Waals surface area contributed by atoms with E-state index in [1.54, 1.807) is 13.0 Å². The highest BCUT2D eigenvalue weighted by Crippen LogP contribution is 2.26. The molecular weight excluding hydrogens is 294 g/mol. The molecule has 0 bridgehead atoms. The first-order chi connectivity index (χ1) is 9.44. The molecule has 1 aromatic rings. The lowest BCUT2D eigenvalue weighted by molar-refractivity contribution is 0.280. The van der Waals surface area contributed by atoms with Crippen molar-refractivity contribution in [3.63, 3.8) is 0 Å². The Bertz CT molecular complexity index is 578. The molecule has 1 unspecified atom stereocenters. The molecule has 20 heavy (non-hydrogen) atoms. The van der Waals surface area contributed by atoms with Gasteiger partial charge in [0.15, 0.2) is 0 Å². The summed E-state index contributed by atoms with van der Waals surface area (Å²) in [5.74, 6) is 1.12. The maximum Gasteiger partial charge on any atom is 0.240 e. The molecule has 0 aliphatic carbocycles. The van der Waals surface area contributed by atoms with Gasteiger partial charge in [0.05, 0.1) is 11.5 Å². The predicted octanol–water partition coefficient (Wildman–Crippen LogP) is 1.97. The maximum atomic E-state index is 12.4. The van der Waals surface area contributed by atoms with Crippen molar-refractivity contribution in [1.29, 1.82) is 0 Å². The summed E-state index contributed by atoms with van der Waals surface area (Å²) in [6.45, 7) is 3.99. The number of aliphatic hydroxyl groups excluding tert-OH is 1. The van der Waals surface area contributed by atoms with Gasteiger partial charge in [-0.05, 0) is 55.2 Å². The summed E-state index contributed by atoms with van der Waals surface area (Å²) in [4.78, 5) is 0.273. The lowest BCUT2D eigenvalue weighted by atomic mass is 10.1. The van der Waals surface area contributed by atoms with Crippen LogP contribution in [0.5, 0.6) is 0 Å². The molecule has 1 aliphatic rings. The van der Waals surface area contributed by atoms with Gasteiger partial charge in [0.1, 0.15) is 0 Å².